The average molecular weight is 276 g/mol. The molecule has 2 fully saturated rings. The van der Waals surface area contributed by atoms with Crippen LogP contribution in [0.25, 0.3) is 0 Å². The highest BCUT2D eigenvalue weighted by Gasteiger charge is 2.38. The summed E-state index contributed by atoms with van der Waals surface area (Å²) >= 11 is 0. The lowest BCUT2D eigenvalue weighted by atomic mass is 9.90. The molecule has 2 aliphatic rings. The molecule has 0 saturated carbocycles. The van der Waals surface area contributed by atoms with Crippen LogP contribution < -0.4 is 5.32 Å². The van der Waals surface area contributed by atoms with E-state index in [9.17, 15) is 4.79 Å². The number of hydrogen-bond donors (Lipinski definition) is 1. The quantitative estimate of drug-likeness (QED) is 0.776. The largest absolute Gasteiger partial charge is 0.363 e. The van der Waals surface area contributed by atoms with Crippen molar-refractivity contribution in [3.63, 3.8) is 0 Å². The molecule has 2 rings (SSSR count). The molecule has 0 aromatic carbocycles. The van der Waals surface area contributed by atoms with E-state index in [1.807, 2.05) is 12.2 Å². The number of likely N-dealkylation sites (tertiary alicyclic amines) is 1. The van der Waals surface area contributed by atoms with Gasteiger partial charge in [0.1, 0.15) is 6.61 Å². The zero-order chi connectivity index (χ0) is 14.4. The molecule has 1 spiro atoms. The first-order valence-corrected chi connectivity index (χ1v) is 7.24. The third-order valence-corrected chi connectivity index (χ3v) is 4.20. The lowest BCUT2D eigenvalue weighted by Gasteiger charge is -2.43. The summed E-state index contributed by atoms with van der Waals surface area (Å²) in [5.74, 6) is 0.00300. The van der Waals surface area contributed by atoms with Gasteiger partial charge >= 0.3 is 0 Å². The van der Waals surface area contributed by atoms with E-state index in [0.29, 0.717) is 6.54 Å². The molecule has 0 radical (unpaired) electrons. The monoisotopic (exact) mass is 276 g/mol. The standard InChI is InChI=1S/C16H24N2O2/c1-3-5-14(4-2)6-9-18-10-7-16(8-11-18)13-17-15(19)12-20-16/h3-5H,1-2,6-13H2,(H,17,19)/b14-5+. The Balaban J connectivity index is 1.77. The van der Waals surface area contributed by atoms with Crippen molar-refractivity contribution in [2.75, 3.05) is 32.8 Å². The summed E-state index contributed by atoms with van der Waals surface area (Å²) in [6, 6.07) is 0. The number of allylic oxidation sites excluding steroid dienone is 3. The van der Waals surface area contributed by atoms with Crippen LogP contribution in [0.2, 0.25) is 0 Å². The highest BCUT2D eigenvalue weighted by Crippen LogP contribution is 2.27. The zero-order valence-corrected chi connectivity index (χ0v) is 12.1. The number of carbonyl (C=O) groups is 1. The van der Waals surface area contributed by atoms with Crippen LogP contribution in [0.5, 0.6) is 0 Å². The Labute approximate surface area is 121 Å². The van der Waals surface area contributed by atoms with Crippen molar-refractivity contribution in [2.24, 2.45) is 0 Å². The predicted octanol–water partition coefficient (Wildman–Crippen LogP) is 1.66. The van der Waals surface area contributed by atoms with Gasteiger partial charge in [0.25, 0.3) is 0 Å². The summed E-state index contributed by atoms with van der Waals surface area (Å²) < 4.78 is 5.77. The molecule has 0 bridgehead atoms. The van der Waals surface area contributed by atoms with E-state index >= 15 is 0 Å². The number of rotatable bonds is 5. The van der Waals surface area contributed by atoms with Crippen molar-refractivity contribution < 1.29 is 9.53 Å². The first-order chi connectivity index (χ1) is 9.67. The van der Waals surface area contributed by atoms with Gasteiger partial charge in [-0.25, -0.2) is 0 Å². The number of amides is 1. The molecule has 4 nitrogen and oxygen atoms in total. The summed E-state index contributed by atoms with van der Waals surface area (Å²) in [4.78, 5) is 13.6. The normalized spacial score (nSPS) is 23.4. The van der Waals surface area contributed by atoms with Crippen LogP contribution in [0, 0.1) is 0 Å². The second-order valence-electron chi connectivity index (χ2n) is 5.52. The zero-order valence-electron chi connectivity index (χ0n) is 12.1. The minimum atomic E-state index is -0.122. The van der Waals surface area contributed by atoms with Gasteiger partial charge in [-0.1, -0.05) is 31.4 Å². The number of piperidine rings is 1. The van der Waals surface area contributed by atoms with E-state index in [0.717, 1.165) is 38.9 Å². The molecule has 0 aromatic rings. The molecule has 0 aliphatic carbocycles. The number of nitrogens with one attached hydrogen (secondary N) is 1. The van der Waals surface area contributed by atoms with Gasteiger partial charge in [-0.05, 0) is 24.8 Å². The third kappa shape index (κ3) is 3.81. The Morgan fingerprint density at radius 2 is 2.15 bits per heavy atom. The van der Waals surface area contributed by atoms with E-state index in [4.69, 9.17) is 4.74 Å². The molecule has 110 valence electrons. The van der Waals surface area contributed by atoms with Crippen molar-refractivity contribution in [3.05, 3.63) is 37.0 Å². The van der Waals surface area contributed by atoms with Crippen LogP contribution in [-0.2, 0) is 9.53 Å². The summed E-state index contributed by atoms with van der Waals surface area (Å²) in [6.07, 6.45) is 8.69. The molecule has 2 heterocycles. The van der Waals surface area contributed by atoms with Gasteiger partial charge < -0.3 is 15.0 Å². The smallest absolute Gasteiger partial charge is 0.246 e. The fraction of sp³-hybridized carbons (Fsp3) is 0.562. The minimum absolute atomic E-state index is 0.00300. The lowest BCUT2D eigenvalue weighted by Crippen LogP contribution is -2.57. The summed E-state index contributed by atoms with van der Waals surface area (Å²) in [5, 5.41) is 2.92. The maximum atomic E-state index is 11.2. The number of carbonyl (C=O) groups excluding carboxylic acids is 1. The van der Waals surface area contributed by atoms with Gasteiger partial charge in [0.15, 0.2) is 0 Å². The van der Waals surface area contributed by atoms with Crippen LogP contribution in [0.3, 0.4) is 0 Å². The van der Waals surface area contributed by atoms with Crippen molar-refractivity contribution in [2.45, 2.75) is 24.9 Å². The van der Waals surface area contributed by atoms with Crippen molar-refractivity contribution in [3.8, 4) is 0 Å². The SMILES string of the molecule is C=C/C=C(\C=C)CCN1CCC2(CC1)CNC(=O)CO2. The van der Waals surface area contributed by atoms with Crippen LogP contribution in [0.4, 0.5) is 0 Å². The van der Waals surface area contributed by atoms with E-state index < -0.39 is 0 Å². The third-order valence-electron chi connectivity index (χ3n) is 4.20. The molecule has 2 saturated heterocycles. The first kappa shape index (κ1) is 15.0. The Hall–Kier alpha value is -1.39. The molecule has 0 atom stereocenters. The molecule has 1 N–H and O–H groups in total. The number of hydrogen-bond acceptors (Lipinski definition) is 3. The number of nitrogens with zero attached hydrogens (tertiary/aromatic N) is 1. The Kier molecular flexibility index (Phi) is 5.15. The Bertz CT molecular complexity index is 395. The van der Waals surface area contributed by atoms with Crippen LogP contribution >= 0.6 is 0 Å². The highest BCUT2D eigenvalue weighted by molar-refractivity contribution is 5.78. The molecular formula is C16H24N2O2. The van der Waals surface area contributed by atoms with Gasteiger partial charge in [-0.3, -0.25) is 4.79 Å². The Morgan fingerprint density at radius 1 is 1.40 bits per heavy atom. The van der Waals surface area contributed by atoms with Crippen molar-refractivity contribution in [1.82, 2.24) is 10.2 Å². The minimum Gasteiger partial charge on any atom is -0.363 e. The van der Waals surface area contributed by atoms with E-state index in [1.165, 1.54) is 5.57 Å². The first-order valence-electron chi connectivity index (χ1n) is 7.24. The predicted molar refractivity (Wildman–Crippen MR) is 80.5 cm³/mol. The fourth-order valence-corrected chi connectivity index (χ4v) is 2.78. The highest BCUT2D eigenvalue weighted by atomic mass is 16.5. The second kappa shape index (κ2) is 6.86. The molecule has 1 amide bonds. The van der Waals surface area contributed by atoms with Gasteiger partial charge in [-0.2, -0.15) is 0 Å². The maximum Gasteiger partial charge on any atom is 0.246 e. The van der Waals surface area contributed by atoms with Crippen LogP contribution in [0.15, 0.2) is 37.0 Å². The maximum absolute atomic E-state index is 11.2. The fourth-order valence-electron chi connectivity index (χ4n) is 2.78. The van der Waals surface area contributed by atoms with Gasteiger partial charge in [0.2, 0.25) is 5.91 Å². The Morgan fingerprint density at radius 3 is 2.70 bits per heavy atom. The van der Waals surface area contributed by atoms with Crippen molar-refractivity contribution in [1.29, 1.82) is 0 Å². The molecule has 0 unspecified atom stereocenters. The van der Waals surface area contributed by atoms with Crippen molar-refractivity contribution >= 4 is 5.91 Å². The second-order valence-corrected chi connectivity index (χ2v) is 5.52. The lowest BCUT2D eigenvalue weighted by molar-refractivity contribution is -0.150. The van der Waals surface area contributed by atoms with Gasteiger partial charge in [0, 0.05) is 26.2 Å². The number of ether oxygens (including phenoxy) is 1. The molecular weight excluding hydrogens is 252 g/mol. The molecule has 2 aliphatic heterocycles. The van der Waals surface area contributed by atoms with Gasteiger partial charge in [0.05, 0.1) is 5.60 Å². The number of morpholine rings is 1. The molecule has 0 aromatic heterocycles. The molecule has 20 heavy (non-hydrogen) atoms. The molecule has 4 heteroatoms. The summed E-state index contributed by atoms with van der Waals surface area (Å²) in [5.41, 5.74) is 1.10. The van der Waals surface area contributed by atoms with Crippen LogP contribution in [0.1, 0.15) is 19.3 Å². The van der Waals surface area contributed by atoms with E-state index in [1.54, 1.807) is 6.08 Å². The summed E-state index contributed by atoms with van der Waals surface area (Å²) in [7, 11) is 0. The average Bonchev–Trinajstić information content (AvgIpc) is 2.48. The van der Waals surface area contributed by atoms with E-state index in [-0.39, 0.29) is 18.1 Å². The topological polar surface area (TPSA) is 41.6 Å². The van der Waals surface area contributed by atoms with E-state index in [2.05, 4.69) is 23.4 Å². The summed E-state index contributed by atoms with van der Waals surface area (Å²) in [6.45, 7) is 11.5. The van der Waals surface area contributed by atoms with Gasteiger partial charge in [-0.15, -0.1) is 0 Å². The van der Waals surface area contributed by atoms with Crippen LogP contribution in [-0.4, -0.2) is 49.2 Å².